The van der Waals surface area contributed by atoms with Gasteiger partial charge in [-0.2, -0.15) is 0 Å². The van der Waals surface area contributed by atoms with E-state index in [2.05, 4.69) is 0 Å². The number of nitro benzene ring substituents is 1. The molecule has 8 nitrogen and oxygen atoms in total. The maximum absolute atomic E-state index is 13.2. The Morgan fingerprint density at radius 2 is 1.71 bits per heavy atom. The second kappa shape index (κ2) is 8.58. The van der Waals surface area contributed by atoms with Gasteiger partial charge < -0.3 is 14.5 Å². The molecule has 0 aliphatic carbocycles. The molecule has 0 radical (unpaired) electrons. The molecule has 2 aliphatic heterocycles. The van der Waals surface area contributed by atoms with Crippen molar-refractivity contribution < 1.29 is 19.2 Å². The monoisotopic (exact) mass is 441 g/mol. The van der Waals surface area contributed by atoms with Crippen LogP contribution in [0.3, 0.4) is 0 Å². The molecule has 1 spiro atoms. The summed E-state index contributed by atoms with van der Waals surface area (Å²) in [6, 6.07) is 12.9. The van der Waals surface area contributed by atoms with Crippen molar-refractivity contribution in [1.29, 1.82) is 0 Å². The van der Waals surface area contributed by atoms with E-state index in [4.69, 9.17) is 4.74 Å². The number of ether oxygens (including phenoxy) is 1. The number of carbonyl (C=O) groups is 2. The third-order valence-corrected chi connectivity index (χ3v) is 7.47. The summed E-state index contributed by atoms with van der Waals surface area (Å²) in [5.41, 5.74) is 0.948. The number of nitro groups is 1. The minimum absolute atomic E-state index is 0.0368. The van der Waals surface area contributed by atoms with Crippen molar-refractivity contribution in [1.82, 2.24) is 9.80 Å². The van der Waals surface area contributed by atoms with Crippen LogP contribution < -0.4 is 4.74 Å². The molecule has 0 saturated carbocycles. The van der Waals surface area contributed by atoms with Crippen LogP contribution in [0.25, 0.3) is 0 Å². The molecule has 2 heterocycles. The first-order chi connectivity index (χ1) is 14.9. The lowest BCUT2D eigenvalue weighted by atomic mass is 10.00. The van der Waals surface area contributed by atoms with Crippen molar-refractivity contribution in [3.63, 3.8) is 0 Å². The van der Waals surface area contributed by atoms with Gasteiger partial charge in [0, 0.05) is 43.1 Å². The topological polar surface area (TPSA) is 93.0 Å². The molecule has 0 N–H and O–H groups in total. The second-order valence-electron chi connectivity index (χ2n) is 7.55. The highest BCUT2D eigenvalue weighted by molar-refractivity contribution is 8.00. The number of hydrogen-bond donors (Lipinski definition) is 0. The summed E-state index contributed by atoms with van der Waals surface area (Å²) in [5, 5.41) is 10.9. The molecular formula is C22H23N3O5S. The fourth-order valence-corrected chi connectivity index (χ4v) is 5.70. The Bertz CT molecular complexity index is 1000. The van der Waals surface area contributed by atoms with Crippen LogP contribution in [0.15, 0.2) is 48.5 Å². The Kier molecular flexibility index (Phi) is 5.86. The summed E-state index contributed by atoms with van der Waals surface area (Å²) in [6.07, 6.45) is 1.36. The Morgan fingerprint density at radius 1 is 1.03 bits per heavy atom. The highest BCUT2D eigenvalue weighted by Crippen LogP contribution is 2.45. The molecule has 0 unspecified atom stereocenters. The first kappa shape index (κ1) is 21.2. The summed E-state index contributed by atoms with van der Waals surface area (Å²) in [4.78, 5) is 39.9. The van der Waals surface area contributed by atoms with Gasteiger partial charge in [-0.05, 0) is 37.1 Å². The number of rotatable bonds is 4. The van der Waals surface area contributed by atoms with Gasteiger partial charge in [0.1, 0.15) is 5.75 Å². The summed E-state index contributed by atoms with van der Waals surface area (Å²) in [6.45, 7) is 1.72. The van der Waals surface area contributed by atoms with Crippen LogP contribution in [0.2, 0.25) is 0 Å². The largest absolute Gasteiger partial charge is 0.496 e. The lowest BCUT2D eigenvalue weighted by molar-refractivity contribution is -0.384. The standard InChI is InChI=1S/C22H23N3O5S/c1-30-19-5-3-2-4-18(19)21(27)23-12-10-22(11-13-23)24(14-15-31-22)20(26)16-6-8-17(9-7-16)25(28)29/h2-9H,10-15H2,1H3. The minimum atomic E-state index is -0.476. The van der Waals surface area contributed by atoms with Crippen LogP contribution in [0.5, 0.6) is 5.75 Å². The van der Waals surface area contributed by atoms with E-state index >= 15 is 0 Å². The number of thioether (sulfide) groups is 1. The Hall–Kier alpha value is -3.07. The van der Waals surface area contributed by atoms with E-state index in [1.807, 2.05) is 21.9 Å². The third kappa shape index (κ3) is 3.97. The fourth-order valence-electron chi connectivity index (χ4n) is 4.24. The molecule has 0 aromatic heterocycles. The van der Waals surface area contributed by atoms with Crippen molar-refractivity contribution in [2.75, 3.05) is 32.5 Å². The van der Waals surface area contributed by atoms with E-state index in [0.717, 1.165) is 5.75 Å². The van der Waals surface area contributed by atoms with Crippen molar-refractivity contribution >= 4 is 29.3 Å². The van der Waals surface area contributed by atoms with Crippen molar-refractivity contribution in [2.24, 2.45) is 0 Å². The average Bonchev–Trinajstić information content (AvgIpc) is 3.21. The van der Waals surface area contributed by atoms with Gasteiger partial charge in [-0.1, -0.05) is 12.1 Å². The third-order valence-electron chi connectivity index (χ3n) is 5.92. The number of nitrogens with zero attached hydrogens (tertiary/aromatic N) is 3. The van der Waals surface area contributed by atoms with E-state index in [1.165, 1.54) is 24.3 Å². The average molecular weight is 442 g/mol. The number of non-ortho nitro benzene ring substituents is 1. The second-order valence-corrected chi connectivity index (χ2v) is 9.00. The molecule has 4 rings (SSSR count). The van der Waals surface area contributed by atoms with Gasteiger partial charge in [-0.15, -0.1) is 11.8 Å². The fraction of sp³-hybridized carbons (Fsp3) is 0.364. The zero-order valence-corrected chi connectivity index (χ0v) is 18.0. The lowest BCUT2D eigenvalue weighted by Gasteiger charge is -2.44. The normalized spacial score (nSPS) is 17.6. The highest BCUT2D eigenvalue weighted by atomic mass is 32.2. The van der Waals surface area contributed by atoms with Crippen molar-refractivity contribution in [3.05, 3.63) is 69.8 Å². The number of piperidine rings is 1. The minimum Gasteiger partial charge on any atom is -0.496 e. The molecule has 9 heteroatoms. The summed E-state index contributed by atoms with van der Waals surface area (Å²) in [5.74, 6) is 1.20. The quantitative estimate of drug-likeness (QED) is 0.533. The van der Waals surface area contributed by atoms with Crippen molar-refractivity contribution in [3.8, 4) is 5.75 Å². The van der Waals surface area contributed by atoms with Gasteiger partial charge in [-0.25, -0.2) is 0 Å². The number of amides is 2. The SMILES string of the molecule is COc1ccccc1C(=O)N1CCC2(CC1)SCCN2C(=O)c1ccc([N+](=O)[O-])cc1. The van der Waals surface area contributed by atoms with E-state index in [1.54, 1.807) is 31.0 Å². The van der Waals surface area contributed by atoms with Crippen LogP contribution in [0.1, 0.15) is 33.6 Å². The van der Waals surface area contributed by atoms with Crippen LogP contribution >= 0.6 is 11.8 Å². The van der Waals surface area contributed by atoms with Crippen LogP contribution in [-0.2, 0) is 0 Å². The molecule has 2 aromatic carbocycles. The molecule has 2 amide bonds. The van der Waals surface area contributed by atoms with Crippen molar-refractivity contribution in [2.45, 2.75) is 17.7 Å². The number of methoxy groups -OCH3 is 1. The Balaban J connectivity index is 1.47. The van der Waals surface area contributed by atoms with Gasteiger partial charge in [0.25, 0.3) is 17.5 Å². The van der Waals surface area contributed by atoms with E-state index < -0.39 is 4.92 Å². The van der Waals surface area contributed by atoms with Crippen LogP contribution in [0, 0.1) is 10.1 Å². The molecule has 0 bridgehead atoms. The van der Waals surface area contributed by atoms with E-state index in [-0.39, 0.29) is 22.4 Å². The van der Waals surface area contributed by atoms with Crippen LogP contribution in [-0.4, -0.2) is 63.9 Å². The molecule has 2 aliphatic rings. The van der Waals surface area contributed by atoms with E-state index in [9.17, 15) is 19.7 Å². The predicted octanol–water partition coefficient (Wildman–Crippen LogP) is 3.42. The molecular weight excluding hydrogens is 418 g/mol. The molecule has 162 valence electrons. The maximum Gasteiger partial charge on any atom is 0.269 e. The molecule has 2 fully saturated rings. The van der Waals surface area contributed by atoms with Gasteiger partial charge in [0.05, 0.1) is 22.5 Å². The lowest BCUT2D eigenvalue weighted by Crippen LogP contribution is -2.53. The maximum atomic E-state index is 13.2. The number of carbonyl (C=O) groups excluding carboxylic acids is 2. The Labute approximate surface area is 184 Å². The van der Waals surface area contributed by atoms with Gasteiger partial charge in [0.15, 0.2) is 0 Å². The molecule has 31 heavy (non-hydrogen) atoms. The summed E-state index contributed by atoms with van der Waals surface area (Å²) >= 11 is 1.76. The summed E-state index contributed by atoms with van der Waals surface area (Å²) < 4.78 is 5.32. The smallest absolute Gasteiger partial charge is 0.269 e. The zero-order chi connectivity index (χ0) is 22.0. The Morgan fingerprint density at radius 3 is 2.35 bits per heavy atom. The van der Waals surface area contributed by atoms with Gasteiger partial charge >= 0.3 is 0 Å². The van der Waals surface area contributed by atoms with E-state index in [0.29, 0.717) is 49.4 Å². The number of hydrogen-bond acceptors (Lipinski definition) is 6. The molecule has 2 saturated heterocycles. The summed E-state index contributed by atoms with van der Waals surface area (Å²) in [7, 11) is 1.55. The highest BCUT2D eigenvalue weighted by Gasteiger charge is 2.47. The number of likely N-dealkylation sites (tertiary alicyclic amines) is 1. The predicted molar refractivity (Wildman–Crippen MR) is 117 cm³/mol. The first-order valence-corrected chi connectivity index (χ1v) is 11.1. The zero-order valence-electron chi connectivity index (χ0n) is 17.2. The van der Waals surface area contributed by atoms with Gasteiger partial charge in [0.2, 0.25) is 0 Å². The molecule has 0 atom stereocenters. The first-order valence-electron chi connectivity index (χ1n) is 10.1. The number of benzene rings is 2. The van der Waals surface area contributed by atoms with Crippen LogP contribution in [0.4, 0.5) is 5.69 Å². The number of para-hydroxylation sites is 1. The molecule has 2 aromatic rings. The van der Waals surface area contributed by atoms with Gasteiger partial charge in [-0.3, -0.25) is 19.7 Å².